The minimum absolute atomic E-state index is 0.0918. The van der Waals surface area contributed by atoms with Crippen molar-refractivity contribution in [1.82, 2.24) is 9.78 Å². The first-order valence-corrected chi connectivity index (χ1v) is 10.2. The molecule has 0 fully saturated rings. The number of ether oxygens (including phenoxy) is 1. The number of nitro groups is 1. The zero-order valence-corrected chi connectivity index (χ0v) is 17.5. The van der Waals surface area contributed by atoms with E-state index in [1.807, 2.05) is 6.07 Å². The van der Waals surface area contributed by atoms with E-state index in [9.17, 15) is 19.7 Å². The van der Waals surface area contributed by atoms with Crippen LogP contribution in [0.1, 0.15) is 11.4 Å². The molecule has 0 radical (unpaired) electrons. The molecule has 0 atom stereocenters. The highest BCUT2D eigenvalue weighted by Gasteiger charge is 2.24. The molecule has 1 aliphatic heterocycles. The van der Waals surface area contributed by atoms with Crippen molar-refractivity contribution in [3.05, 3.63) is 57.0 Å². The maximum atomic E-state index is 12.6. The first kappa shape index (κ1) is 21.4. The molecule has 0 spiro atoms. The second-order valence-corrected chi connectivity index (χ2v) is 7.58. The van der Waals surface area contributed by atoms with E-state index in [2.05, 4.69) is 15.7 Å². The average molecular weight is 431 g/mol. The molecule has 0 bridgehead atoms. The van der Waals surface area contributed by atoms with Crippen molar-refractivity contribution in [1.29, 1.82) is 0 Å². The van der Waals surface area contributed by atoms with Gasteiger partial charge >= 0.3 is 11.7 Å². The molecule has 0 saturated carbocycles. The molecule has 1 amide bonds. The SMILES string of the molecule is COC(=O)C1=C(Nc2ccccc2NC(=O)Cn2nc(C)c([N+](=O)[O-])c2C)CSC1. The number of rotatable bonds is 7. The molecule has 0 saturated heterocycles. The highest BCUT2D eigenvalue weighted by atomic mass is 32.2. The second kappa shape index (κ2) is 8.99. The van der Waals surface area contributed by atoms with Gasteiger partial charge in [-0.25, -0.2) is 4.79 Å². The third-order valence-corrected chi connectivity index (χ3v) is 5.58. The molecular weight excluding hydrogens is 410 g/mol. The number of esters is 1. The number of nitrogens with zero attached hydrogens (tertiary/aromatic N) is 3. The Morgan fingerprint density at radius 2 is 1.97 bits per heavy atom. The van der Waals surface area contributed by atoms with Crippen LogP contribution in [0.15, 0.2) is 35.5 Å². The van der Waals surface area contributed by atoms with Crippen molar-refractivity contribution in [2.75, 3.05) is 29.2 Å². The van der Waals surface area contributed by atoms with Crippen molar-refractivity contribution < 1.29 is 19.2 Å². The summed E-state index contributed by atoms with van der Waals surface area (Å²) < 4.78 is 6.14. The van der Waals surface area contributed by atoms with Crippen LogP contribution >= 0.6 is 11.8 Å². The van der Waals surface area contributed by atoms with Gasteiger partial charge in [0, 0.05) is 17.2 Å². The molecule has 1 aliphatic rings. The van der Waals surface area contributed by atoms with Crippen LogP contribution in [-0.2, 0) is 20.9 Å². The van der Waals surface area contributed by atoms with Crippen molar-refractivity contribution in [3.63, 3.8) is 0 Å². The van der Waals surface area contributed by atoms with Gasteiger partial charge in [0.05, 0.1) is 29.0 Å². The Hall–Kier alpha value is -3.34. The number of hydrogen-bond acceptors (Lipinski definition) is 8. The van der Waals surface area contributed by atoms with E-state index >= 15 is 0 Å². The molecule has 2 heterocycles. The lowest BCUT2D eigenvalue weighted by Gasteiger charge is -2.15. The van der Waals surface area contributed by atoms with E-state index < -0.39 is 4.92 Å². The Morgan fingerprint density at radius 1 is 1.27 bits per heavy atom. The number of thioether (sulfide) groups is 1. The zero-order valence-electron chi connectivity index (χ0n) is 16.7. The summed E-state index contributed by atoms with van der Waals surface area (Å²) in [6.45, 7) is 2.92. The molecule has 11 heteroatoms. The summed E-state index contributed by atoms with van der Waals surface area (Å²) in [6.07, 6.45) is 0. The quantitative estimate of drug-likeness (QED) is 0.389. The van der Waals surface area contributed by atoms with E-state index in [-0.39, 0.29) is 29.8 Å². The van der Waals surface area contributed by atoms with E-state index in [0.29, 0.717) is 34.1 Å². The molecule has 1 aromatic carbocycles. The molecule has 0 aliphatic carbocycles. The van der Waals surface area contributed by atoms with Crippen molar-refractivity contribution in [3.8, 4) is 0 Å². The Labute approximate surface area is 176 Å². The first-order chi connectivity index (χ1) is 14.3. The van der Waals surface area contributed by atoms with Gasteiger partial charge in [0.25, 0.3) is 0 Å². The van der Waals surface area contributed by atoms with Crippen LogP contribution in [-0.4, -0.2) is 45.2 Å². The second-order valence-electron chi connectivity index (χ2n) is 6.59. The Balaban J connectivity index is 1.77. The predicted octanol–water partition coefficient (Wildman–Crippen LogP) is 2.63. The van der Waals surface area contributed by atoms with Gasteiger partial charge in [-0.3, -0.25) is 19.6 Å². The number of anilines is 2. The predicted molar refractivity (Wildman–Crippen MR) is 113 cm³/mol. The van der Waals surface area contributed by atoms with Crippen molar-refractivity contribution >= 4 is 40.7 Å². The summed E-state index contributed by atoms with van der Waals surface area (Å²) >= 11 is 1.59. The van der Waals surface area contributed by atoms with Crippen LogP contribution in [0.25, 0.3) is 0 Å². The Bertz CT molecular complexity index is 1050. The Kier molecular flexibility index (Phi) is 6.40. The van der Waals surface area contributed by atoms with Gasteiger partial charge in [0.15, 0.2) is 0 Å². The fourth-order valence-corrected chi connectivity index (χ4v) is 4.19. The van der Waals surface area contributed by atoms with Crippen molar-refractivity contribution in [2.45, 2.75) is 20.4 Å². The van der Waals surface area contributed by atoms with E-state index in [4.69, 9.17) is 4.74 Å². The fourth-order valence-electron chi connectivity index (χ4n) is 3.14. The van der Waals surface area contributed by atoms with Crippen LogP contribution in [0.3, 0.4) is 0 Å². The van der Waals surface area contributed by atoms with E-state index in [1.54, 1.807) is 36.9 Å². The van der Waals surface area contributed by atoms with Gasteiger partial charge in [0.1, 0.15) is 17.9 Å². The summed E-state index contributed by atoms with van der Waals surface area (Å²) in [5.74, 6) is 0.422. The van der Waals surface area contributed by atoms with Gasteiger partial charge in [-0.15, -0.1) is 0 Å². The van der Waals surface area contributed by atoms with Gasteiger partial charge in [-0.1, -0.05) is 12.1 Å². The van der Waals surface area contributed by atoms with Crippen LogP contribution in [0.4, 0.5) is 17.1 Å². The highest BCUT2D eigenvalue weighted by molar-refractivity contribution is 8.00. The first-order valence-electron chi connectivity index (χ1n) is 9.04. The largest absolute Gasteiger partial charge is 0.466 e. The standard InChI is InChI=1S/C19H21N5O5S/c1-11-18(24(27)28)12(2)23(22-11)8-17(25)21-15-7-5-4-6-14(15)20-16-10-30-9-13(16)19(26)29-3/h4-7,20H,8-10H2,1-3H3,(H,21,25). The van der Waals surface area contributed by atoms with Crippen LogP contribution < -0.4 is 10.6 Å². The average Bonchev–Trinajstić information content (AvgIpc) is 3.26. The number of hydrogen-bond donors (Lipinski definition) is 2. The lowest BCUT2D eigenvalue weighted by Crippen LogP contribution is -2.21. The number of para-hydroxylation sites is 2. The van der Waals surface area contributed by atoms with E-state index in [0.717, 1.165) is 5.70 Å². The van der Waals surface area contributed by atoms with Crippen LogP contribution in [0, 0.1) is 24.0 Å². The number of aryl methyl sites for hydroxylation is 1. The number of carbonyl (C=O) groups excluding carboxylic acids is 2. The maximum absolute atomic E-state index is 12.6. The third-order valence-electron chi connectivity index (χ3n) is 4.59. The lowest BCUT2D eigenvalue weighted by molar-refractivity contribution is -0.386. The minimum Gasteiger partial charge on any atom is -0.466 e. The number of nitrogens with one attached hydrogen (secondary N) is 2. The molecule has 2 N–H and O–H groups in total. The monoisotopic (exact) mass is 431 g/mol. The summed E-state index contributed by atoms with van der Waals surface area (Å²) in [5, 5.41) is 21.3. The molecule has 1 aromatic heterocycles. The Morgan fingerprint density at radius 3 is 2.60 bits per heavy atom. The summed E-state index contributed by atoms with van der Waals surface area (Å²) in [7, 11) is 1.34. The van der Waals surface area contributed by atoms with Crippen LogP contribution in [0.5, 0.6) is 0 Å². The number of carbonyl (C=O) groups is 2. The third kappa shape index (κ3) is 4.46. The van der Waals surface area contributed by atoms with Crippen molar-refractivity contribution in [2.24, 2.45) is 0 Å². The lowest BCUT2D eigenvalue weighted by atomic mass is 10.2. The smallest absolute Gasteiger partial charge is 0.336 e. The van der Waals surface area contributed by atoms with Gasteiger partial charge in [-0.2, -0.15) is 16.9 Å². The fraction of sp³-hybridized carbons (Fsp3) is 0.316. The molecule has 3 rings (SSSR count). The number of benzene rings is 1. The van der Waals surface area contributed by atoms with E-state index in [1.165, 1.54) is 18.7 Å². The molecule has 30 heavy (non-hydrogen) atoms. The summed E-state index contributed by atoms with van der Waals surface area (Å²) in [5.41, 5.74) is 2.94. The number of methoxy groups -OCH3 is 1. The molecular formula is C19H21N5O5S. The zero-order chi connectivity index (χ0) is 21.8. The minimum atomic E-state index is -0.502. The summed E-state index contributed by atoms with van der Waals surface area (Å²) in [6, 6.07) is 7.09. The highest BCUT2D eigenvalue weighted by Crippen LogP contribution is 2.30. The summed E-state index contributed by atoms with van der Waals surface area (Å²) in [4.78, 5) is 35.1. The topological polar surface area (TPSA) is 128 Å². The molecule has 2 aromatic rings. The van der Waals surface area contributed by atoms with Gasteiger partial charge < -0.3 is 15.4 Å². The number of aromatic nitrogens is 2. The van der Waals surface area contributed by atoms with Crippen LogP contribution in [0.2, 0.25) is 0 Å². The molecule has 158 valence electrons. The maximum Gasteiger partial charge on any atom is 0.336 e. The van der Waals surface area contributed by atoms with Gasteiger partial charge in [-0.05, 0) is 26.0 Å². The molecule has 0 unspecified atom stereocenters. The molecule has 10 nitrogen and oxygen atoms in total. The van der Waals surface area contributed by atoms with Gasteiger partial charge in [0.2, 0.25) is 5.91 Å². The normalized spacial score (nSPS) is 13.3. The number of amides is 1.